The van der Waals surface area contributed by atoms with Crippen LogP contribution in [0.3, 0.4) is 0 Å². The van der Waals surface area contributed by atoms with E-state index in [2.05, 4.69) is 24.5 Å². The predicted molar refractivity (Wildman–Crippen MR) is 163 cm³/mol. The van der Waals surface area contributed by atoms with Crippen LogP contribution in [0.2, 0.25) is 0 Å². The molecule has 0 aliphatic carbocycles. The maximum absolute atomic E-state index is 13.8. The molecule has 1 unspecified atom stereocenters. The van der Waals surface area contributed by atoms with Crippen molar-refractivity contribution >= 4 is 23.7 Å². The lowest BCUT2D eigenvalue weighted by Gasteiger charge is -2.33. The van der Waals surface area contributed by atoms with E-state index in [0.717, 1.165) is 18.1 Å². The van der Waals surface area contributed by atoms with Gasteiger partial charge in [0.2, 0.25) is 5.91 Å². The number of rotatable bonds is 7. The average Bonchev–Trinajstić information content (AvgIpc) is 3.00. The summed E-state index contributed by atoms with van der Waals surface area (Å²) >= 11 is 0. The molecular formula is C33H44FN3O7. The third-order valence-corrected chi connectivity index (χ3v) is 7.56. The van der Waals surface area contributed by atoms with Gasteiger partial charge in [0.25, 0.3) is 11.8 Å². The zero-order valence-electron chi connectivity index (χ0n) is 26.1. The van der Waals surface area contributed by atoms with Crippen LogP contribution in [-0.4, -0.2) is 75.1 Å². The highest BCUT2D eigenvalue weighted by Crippen LogP contribution is 2.35. The first-order valence-electron chi connectivity index (χ1n) is 15.1. The van der Waals surface area contributed by atoms with Crippen LogP contribution < -0.4 is 20.1 Å². The molecule has 0 fully saturated rings. The Morgan fingerprint density at radius 3 is 2.59 bits per heavy atom. The number of carbonyl (C=O) groups excluding carboxylic acids is 4. The second kappa shape index (κ2) is 16.6. The maximum atomic E-state index is 13.8. The zero-order valence-corrected chi connectivity index (χ0v) is 26.1. The first-order valence-corrected chi connectivity index (χ1v) is 15.1. The van der Waals surface area contributed by atoms with Crippen LogP contribution in [0.1, 0.15) is 62.4 Å². The smallest absolute Gasteiger partial charge is 0.314 e. The van der Waals surface area contributed by atoms with Crippen LogP contribution in [0.25, 0.3) is 0 Å². The molecule has 2 aromatic rings. The standard InChI is InChI=1S/C33H44FN3O7/c1-5-43-32(41)33(14-13-23(2)3)20-24-11-12-27(28(18-24)42-4)44-21-30(39)35-15-17-37(16-7-10-29(38)36-22-33)31(40)25-8-6-9-26(34)19-25/h6,8-9,11-12,18-19,23H,5,7,10,13-17,20-22H2,1-4H3,(H,35,39)(H,36,38). The molecule has 2 N–H and O–H groups in total. The molecule has 2 bridgehead atoms. The molecule has 10 nitrogen and oxygen atoms in total. The van der Waals surface area contributed by atoms with Gasteiger partial charge in [-0.15, -0.1) is 0 Å². The number of fused-ring (bicyclic) bond motifs is 16. The van der Waals surface area contributed by atoms with Gasteiger partial charge in [-0.1, -0.05) is 26.0 Å². The number of amides is 3. The zero-order chi connectivity index (χ0) is 32.1. The van der Waals surface area contributed by atoms with Crippen molar-refractivity contribution in [2.45, 2.75) is 52.9 Å². The number of benzene rings is 2. The predicted octanol–water partition coefficient (Wildman–Crippen LogP) is 3.91. The van der Waals surface area contributed by atoms with Crippen LogP contribution in [0.4, 0.5) is 4.39 Å². The third kappa shape index (κ3) is 9.96. The van der Waals surface area contributed by atoms with E-state index in [9.17, 15) is 23.6 Å². The summed E-state index contributed by atoms with van der Waals surface area (Å²) in [6.07, 6.45) is 1.92. The van der Waals surface area contributed by atoms with Gasteiger partial charge in [-0.2, -0.15) is 0 Å². The van der Waals surface area contributed by atoms with Crippen LogP contribution in [0, 0.1) is 17.2 Å². The Hall–Kier alpha value is -4.15. The Morgan fingerprint density at radius 1 is 1.09 bits per heavy atom. The van der Waals surface area contributed by atoms with Gasteiger partial charge in [0.15, 0.2) is 18.1 Å². The normalized spacial score (nSPS) is 18.7. The minimum absolute atomic E-state index is 0.0717. The van der Waals surface area contributed by atoms with Gasteiger partial charge in [0.1, 0.15) is 5.82 Å². The Bertz CT molecular complexity index is 1300. The summed E-state index contributed by atoms with van der Waals surface area (Å²) in [5.41, 5.74) is -0.0812. The second-order valence-corrected chi connectivity index (χ2v) is 11.4. The monoisotopic (exact) mass is 613 g/mol. The fraction of sp³-hybridized carbons (Fsp3) is 0.515. The minimum Gasteiger partial charge on any atom is -0.493 e. The molecule has 2 aliphatic heterocycles. The summed E-state index contributed by atoms with van der Waals surface area (Å²) in [5, 5.41) is 5.69. The third-order valence-electron chi connectivity index (χ3n) is 7.56. The summed E-state index contributed by atoms with van der Waals surface area (Å²) in [4.78, 5) is 53.9. The van der Waals surface area contributed by atoms with Crippen molar-refractivity contribution in [1.29, 1.82) is 0 Å². The van der Waals surface area contributed by atoms with Gasteiger partial charge in [-0.05, 0) is 74.4 Å². The quantitative estimate of drug-likeness (QED) is 0.359. The molecule has 1 atom stereocenters. The molecule has 3 amide bonds. The number of carbonyl (C=O) groups is 4. The fourth-order valence-electron chi connectivity index (χ4n) is 5.10. The summed E-state index contributed by atoms with van der Waals surface area (Å²) < 4.78 is 30.7. The molecule has 0 saturated heterocycles. The summed E-state index contributed by atoms with van der Waals surface area (Å²) in [7, 11) is 1.49. The van der Waals surface area contributed by atoms with E-state index in [-0.39, 0.29) is 63.7 Å². The van der Waals surface area contributed by atoms with E-state index in [1.54, 1.807) is 19.1 Å². The van der Waals surface area contributed by atoms with E-state index in [1.165, 1.54) is 30.2 Å². The van der Waals surface area contributed by atoms with Crippen molar-refractivity contribution in [2.24, 2.45) is 11.3 Å². The van der Waals surface area contributed by atoms with Gasteiger partial charge in [0.05, 0.1) is 19.1 Å². The van der Waals surface area contributed by atoms with Crippen molar-refractivity contribution < 1.29 is 37.8 Å². The number of hydrogen-bond donors (Lipinski definition) is 2. The molecule has 240 valence electrons. The van der Waals surface area contributed by atoms with E-state index in [1.807, 2.05) is 6.07 Å². The molecule has 11 heteroatoms. The van der Waals surface area contributed by atoms with E-state index < -0.39 is 29.0 Å². The molecule has 0 spiro atoms. The summed E-state index contributed by atoms with van der Waals surface area (Å²) in [6, 6.07) is 10.6. The minimum atomic E-state index is -1.04. The topological polar surface area (TPSA) is 123 Å². The van der Waals surface area contributed by atoms with Crippen LogP contribution >= 0.6 is 0 Å². The van der Waals surface area contributed by atoms with Crippen molar-refractivity contribution in [3.05, 3.63) is 59.4 Å². The van der Waals surface area contributed by atoms with Crippen molar-refractivity contribution in [3.63, 3.8) is 0 Å². The Balaban J connectivity index is 1.92. The van der Waals surface area contributed by atoms with Crippen LogP contribution in [0.5, 0.6) is 11.5 Å². The van der Waals surface area contributed by atoms with E-state index in [4.69, 9.17) is 14.2 Å². The number of hydrogen-bond acceptors (Lipinski definition) is 7. The first-order chi connectivity index (χ1) is 21.1. The van der Waals surface area contributed by atoms with Crippen LogP contribution in [0.15, 0.2) is 42.5 Å². The van der Waals surface area contributed by atoms with E-state index >= 15 is 0 Å². The molecule has 4 rings (SSSR count). The molecule has 0 aromatic heterocycles. The lowest BCUT2D eigenvalue weighted by molar-refractivity contribution is -0.156. The number of esters is 1. The molecule has 2 aliphatic rings. The second-order valence-electron chi connectivity index (χ2n) is 11.4. The fourth-order valence-corrected chi connectivity index (χ4v) is 5.10. The number of nitrogens with zero attached hydrogens (tertiary/aromatic N) is 1. The molecule has 0 radical (unpaired) electrons. The number of halogens is 1. The van der Waals surface area contributed by atoms with Gasteiger partial charge in [-0.3, -0.25) is 19.2 Å². The number of nitrogens with one attached hydrogen (secondary N) is 2. The summed E-state index contributed by atoms with van der Waals surface area (Å²) in [5.74, 6) is -0.961. The van der Waals surface area contributed by atoms with Gasteiger partial charge in [0, 0.05) is 38.2 Å². The summed E-state index contributed by atoms with van der Waals surface area (Å²) in [6.45, 7) is 6.35. The van der Waals surface area contributed by atoms with E-state index in [0.29, 0.717) is 30.3 Å². The Morgan fingerprint density at radius 2 is 1.89 bits per heavy atom. The van der Waals surface area contributed by atoms with Gasteiger partial charge in [-0.25, -0.2) is 4.39 Å². The SMILES string of the molecule is CCOC(=O)C1(CCC(C)C)CNC(=O)CCCN(C(=O)c2cccc(F)c2)CCNC(=O)COc2ccc(cc2OC)C1. The molecule has 2 heterocycles. The molecule has 2 aromatic carbocycles. The Labute approximate surface area is 258 Å². The highest BCUT2D eigenvalue weighted by atomic mass is 19.1. The van der Waals surface area contributed by atoms with Gasteiger partial charge >= 0.3 is 5.97 Å². The van der Waals surface area contributed by atoms with Crippen LogP contribution in [-0.2, 0) is 25.5 Å². The molecule has 0 saturated carbocycles. The van der Waals surface area contributed by atoms with Crippen molar-refractivity contribution in [1.82, 2.24) is 15.5 Å². The first kappa shape index (κ1) is 34.3. The molecule has 44 heavy (non-hydrogen) atoms. The lowest BCUT2D eigenvalue weighted by Crippen LogP contribution is -2.46. The lowest BCUT2D eigenvalue weighted by atomic mass is 9.76. The molecular weight excluding hydrogens is 569 g/mol. The van der Waals surface area contributed by atoms with Crippen molar-refractivity contribution in [2.75, 3.05) is 46.5 Å². The van der Waals surface area contributed by atoms with Gasteiger partial charge < -0.3 is 29.7 Å². The highest BCUT2D eigenvalue weighted by molar-refractivity contribution is 5.94. The maximum Gasteiger partial charge on any atom is 0.314 e. The Kier molecular flexibility index (Phi) is 13.0. The number of ether oxygens (including phenoxy) is 3. The highest BCUT2D eigenvalue weighted by Gasteiger charge is 2.40. The largest absolute Gasteiger partial charge is 0.493 e. The average molecular weight is 614 g/mol. The van der Waals surface area contributed by atoms with Crippen molar-refractivity contribution in [3.8, 4) is 11.5 Å². The number of methoxy groups -OCH3 is 1.